The number of aromatic hydroxyl groups is 4. The van der Waals surface area contributed by atoms with Crippen LogP contribution in [-0.4, -0.2) is 50.0 Å². The third kappa shape index (κ3) is 3.58. The number of ether oxygens (including phenoxy) is 1. The highest BCUT2D eigenvalue weighted by Crippen LogP contribution is 2.63. The number of halogens is 1. The van der Waals surface area contributed by atoms with Gasteiger partial charge < -0.3 is 30.3 Å². The number of aliphatic hydroxyl groups excluding tert-OH is 1. The molecule has 2 aliphatic carbocycles. The lowest BCUT2D eigenvalue weighted by Gasteiger charge is -2.52. The van der Waals surface area contributed by atoms with Crippen LogP contribution in [0.2, 0.25) is 5.02 Å². The molecular weight excluding hydrogens is 552 g/mol. The number of aliphatic hydroxyl groups is 1. The fourth-order valence-corrected chi connectivity index (χ4v) is 6.79. The number of aryl methyl sites for hydroxylation is 1. The summed E-state index contributed by atoms with van der Waals surface area (Å²) in [5.41, 5.74) is -3.69. The number of hydrogen-bond acceptors (Lipinski definition) is 9. The summed E-state index contributed by atoms with van der Waals surface area (Å²) in [7, 11) is 1.35. The minimum atomic E-state index is -2.02. The van der Waals surface area contributed by atoms with E-state index in [1.807, 2.05) is 0 Å². The number of allylic oxidation sites excluding steroid dienone is 1. The highest BCUT2D eigenvalue weighted by molar-refractivity contribution is 6.38. The number of carbonyl (C=O) groups is 3. The van der Waals surface area contributed by atoms with Crippen LogP contribution in [0.3, 0.4) is 0 Å². The first-order valence-corrected chi connectivity index (χ1v) is 13.0. The molecule has 9 nitrogen and oxygen atoms in total. The first-order valence-electron chi connectivity index (χ1n) is 12.6. The minimum absolute atomic E-state index is 0.0809. The summed E-state index contributed by atoms with van der Waals surface area (Å²) in [6.07, 6.45) is -0.526. The molecule has 5 N–H and O–H groups in total. The van der Waals surface area contributed by atoms with Gasteiger partial charge in [0.25, 0.3) is 0 Å². The van der Waals surface area contributed by atoms with Gasteiger partial charge in [-0.25, -0.2) is 0 Å². The van der Waals surface area contributed by atoms with Gasteiger partial charge in [-0.15, -0.1) is 0 Å². The lowest BCUT2D eigenvalue weighted by atomic mass is 9.47. The Bertz CT molecular complexity index is 1770. The molecule has 41 heavy (non-hydrogen) atoms. The molecular formula is C31H27ClO9. The Kier molecular flexibility index (Phi) is 6.16. The van der Waals surface area contributed by atoms with Gasteiger partial charge in [-0.2, -0.15) is 0 Å². The van der Waals surface area contributed by atoms with Gasteiger partial charge in [0.05, 0.1) is 34.2 Å². The van der Waals surface area contributed by atoms with E-state index in [0.717, 1.165) is 6.07 Å². The van der Waals surface area contributed by atoms with Crippen molar-refractivity contribution >= 4 is 34.7 Å². The summed E-state index contributed by atoms with van der Waals surface area (Å²) in [6.45, 7) is 6.02. The number of fused-ring (bicyclic) bond motifs is 3. The average molecular weight is 579 g/mol. The summed E-state index contributed by atoms with van der Waals surface area (Å²) in [5.74, 6) is -4.26. The maximum absolute atomic E-state index is 14.8. The fraction of sp³-hybridized carbons (Fsp3) is 0.258. The number of carbonyl (C=O) groups excluding carboxylic acids is 3. The van der Waals surface area contributed by atoms with E-state index in [2.05, 4.69) is 0 Å². The van der Waals surface area contributed by atoms with Crippen LogP contribution in [-0.2, 0) is 10.2 Å². The summed E-state index contributed by atoms with van der Waals surface area (Å²) >= 11 is 6.55. The van der Waals surface area contributed by atoms with E-state index in [0.29, 0.717) is 11.1 Å². The van der Waals surface area contributed by atoms with Crippen LogP contribution in [0, 0.1) is 12.3 Å². The number of methoxy groups -OCH3 is 1. The van der Waals surface area contributed by atoms with Gasteiger partial charge in [-0.3, -0.25) is 14.4 Å². The molecule has 0 radical (unpaired) electrons. The summed E-state index contributed by atoms with van der Waals surface area (Å²) in [5, 5.41) is 53.8. The predicted octanol–water partition coefficient (Wildman–Crippen LogP) is 5.75. The van der Waals surface area contributed by atoms with Gasteiger partial charge in [-0.05, 0) is 43.2 Å². The van der Waals surface area contributed by atoms with Crippen molar-refractivity contribution in [1.29, 1.82) is 0 Å². The lowest BCUT2D eigenvalue weighted by molar-refractivity contribution is -0.119. The van der Waals surface area contributed by atoms with Gasteiger partial charge in [0.2, 0.25) is 0 Å². The summed E-state index contributed by atoms with van der Waals surface area (Å²) in [4.78, 5) is 41.8. The molecule has 1 unspecified atom stereocenters. The molecule has 0 saturated carbocycles. The monoisotopic (exact) mass is 578 g/mol. The van der Waals surface area contributed by atoms with E-state index in [9.17, 15) is 39.9 Å². The van der Waals surface area contributed by atoms with Gasteiger partial charge in [0.1, 0.15) is 40.3 Å². The van der Waals surface area contributed by atoms with Gasteiger partial charge in [0.15, 0.2) is 11.6 Å². The second kappa shape index (κ2) is 9.01. The Hall–Kier alpha value is -4.50. The first kappa shape index (κ1) is 28.0. The molecule has 0 amide bonds. The van der Waals surface area contributed by atoms with Crippen molar-refractivity contribution in [2.75, 3.05) is 7.11 Å². The maximum atomic E-state index is 14.8. The zero-order valence-electron chi connectivity index (χ0n) is 22.8. The van der Waals surface area contributed by atoms with Crippen LogP contribution in [0.1, 0.15) is 64.6 Å². The van der Waals surface area contributed by atoms with Gasteiger partial charge in [-0.1, -0.05) is 25.4 Å². The predicted molar refractivity (Wildman–Crippen MR) is 150 cm³/mol. The van der Waals surface area contributed by atoms with Crippen molar-refractivity contribution in [3.63, 3.8) is 0 Å². The molecule has 1 atom stereocenters. The Morgan fingerprint density at radius 3 is 2.12 bits per heavy atom. The molecule has 212 valence electrons. The molecule has 0 bridgehead atoms. The van der Waals surface area contributed by atoms with E-state index in [1.165, 1.54) is 38.3 Å². The number of hydrogen-bond donors (Lipinski definition) is 5. The van der Waals surface area contributed by atoms with Crippen molar-refractivity contribution in [2.45, 2.75) is 39.5 Å². The molecule has 2 aliphatic rings. The Morgan fingerprint density at radius 1 is 0.878 bits per heavy atom. The molecule has 0 spiro atoms. The van der Waals surface area contributed by atoms with Crippen LogP contribution in [0.5, 0.6) is 28.7 Å². The smallest absolute Gasteiger partial charge is 0.197 e. The van der Waals surface area contributed by atoms with Crippen LogP contribution in [0.25, 0.3) is 16.9 Å². The zero-order valence-corrected chi connectivity index (χ0v) is 23.6. The lowest BCUT2D eigenvalue weighted by Crippen LogP contribution is -2.56. The third-order valence-electron chi connectivity index (χ3n) is 8.34. The number of Topliss-reactive ketones (excluding diaryl/α,β-unsaturated/α-hetero) is 3. The zero-order chi connectivity index (χ0) is 30.3. The number of phenols is 4. The van der Waals surface area contributed by atoms with Crippen molar-refractivity contribution in [3.8, 4) is 39.9 Å². The molecule has 0 aromatic heterocycles. The highest BCUT2D eigenvalue weighted by Gasteiger charge is 2.64. The molecule has 3 aromatic rings. The Labute approximate surface area is 239 Å². The van der Waals surface area contributed by atoms with E-state index < -0.39 is 62.5 Å². The van der Waals surface area contributed by atoms with Crippen LogP contribution < -0.4 is 4.74 Å². The SMILES string of the molecule is COc1cc(O)cc(C)c1-c1cc(O)c(Cl)c2c1C(O)=C1C(=O)c3c(O)cc(O)cc3C(C)(C)C1(CC(C)=O)C2=O. The second-order valence-corrected chi connectivity index (χ2v) is 11.4. The molecule has 10 heteroatoms. The van der Waals surface area contributed by atoms with Crippen molar-refractivity contribution in [1.82, 2.24) is 0 Å². The first-order chi connectivity index (χ1) is 19.1. The van der Waals surface area contributed by atoms with E-state index in [-0.39, 0.29) is 45.1 Å². The van der Waals surface area contributed by atoms with E-state index in [1.54, 1.807) is 20.8 Å². The number of rotatable bonds is 4. The standard InChI is InChI=1S/C31H27ClO9/c1-12-6-14(34)9-20(41-5)21(12)16-10-19(37)26(32)24-22(16)27(38)25-28(39)23-17(7-15(35)8-18(23)36)30(3,4)31(25,29(24)40)11-13(2)33/h6-10,34-38H,11H2,1-5H3. The van der Waals surface area contributed by atoms with Crippen molar-refractivity contribution in [2.24, 2.45) is 5.41 Å². The highest BCUT2D eigenvalue weighted by atomic mass is 35.5. The third-order valence-corrected chi connectivity index (χ3v) is 8.73. The topological polar surface area (TPSA) is 162 Å². The van der Waals surface area contributed by atoms with E-state index in [4.69, 9.17) is 16.3 Å². The van der Waals surface area contributed by atoms with Crippen LogP contribution in [0.4, 0.5) is 0 Å². The molecule has 0 saturated heterocycles. The number of phenolic OH excluding ortho intramolecular Hbond substituents is 4. The number of ketones is 3. The second-order valence-electron chi connectivity index (χ2n) is 11.0. The average Bonchev–Trinajstić information content (AvgIpc) is 2.86. The molecule has 3 aromatic carbocycles. The van der Waals surface area contributed by atoms with Crippen LogP contribution >= 0.6 is 11.6 Å². The fourth-order valence-electron chi connectivity index (χ4n) is 6.56. The molecule has 0 aliphatic heterocycles. The van der Waals surface area contributed by atoms with E-state index >= 15 is 0 Å². The molecule has 5 rings (SSSR count). The minimum Gasteiger partial charge on any atom is -0.508 e. The van der Waals surface area contributed by atoms with Gasteiger partial charge in [0, 0.05) is 40.7 Å². The summed E-state index contributed by atoms with van der Waals surface area (Å²) < 4.78 is 5.47. The molecule has 0 fully saturated rings. The van der Waals surface area contributed by atoms with Crippen molar-refractivity contribution < 1.29 is 44.7 Å². The van der Waals surface area contributed by atoms with Crippen molar-refractivity contribution in [3.05, 3.63) is 68.7 Å². The Morgan fingerprint density at radius 2 is 1.51 bits per heavy atom. The largest absolute Gasteiger partial charge is 0.508 e. The quantitative estimate of drug-likeness (QED) is 0.259. The normalized spacial score (nSPS) is 19.0. The van der Waals surface area contributed by atoms with Crippen LogP contribution in [0.15, 0.2) is 35.9 Å². The Balaban J connectivity index is 2.02. The summed E-state index contributed by atoms with van der Waals surface area (Å²) in [6, 6.07) is 6.16. The maximum Gasteiger partial charge on any atom is 0.197 e. The number of benzene rings is 3. The van der Waals surface area contributed by atoms with Gasteiger partial charge >= 0.3 is 0 Å². The molecule has 0 heterocycles.